The van der Waals surface area contributed by atoms with Gasteiger partial charge in [-0.25, -0.2) is 0 Å². The first kappa shape index (κ1) is 13.6. The molecule has 3 rings (SSSR count). The van der Waals surface area contributed by atoms with Crippen LogP contribution in [0.1, 0.15) is 22.3 Å². The monoisotopic (exact) mass is 279 g/mol. The Balaban J connectivity index is 1.71. The summed E-state index contributed by atoms with van der Waals surface area (Å²) in [5.41, 5.74) is 1.72. The minimum Gasteiger partial charge on any atom is -0.338 e. The topological polar surface area (TPSA) is 37.4 Å². The van der Waals surface area contributed by atoms with Crippen LogP contribution in [-0.4, -0.2) is 23.1 Å². The second-order valence-electron chi connectivity index (χ2n) is 5.32. The van der Waals surface area contributed by atoms with E-state index in [0.29, 0.717) is 25.1 Å². The van der Waals surface area contributed by atoms with Gasteiger partial charge in [0.2, 0.25) is 5.91 Å². The average molecular weight is 279 g/mol. The third-order valence-electron chi connectivity index (χ3n) is 3.89. The van der Waals surface area contributed by atoms with E-state index in [1.165, 1.54) is 0 Å². The Hall–Kier alpha value is -2.42. The minimum absolute atomic E-state index is 0.0484. The summed E-state index contributed by atoms with van der Waals surface area (Å²) < 4.78 is 0. The first-order valence-corrected chi connectivity index (χ1v) is 7.17. The zero-order chi connectivity index (χ0) is 14.7. The molecule has 1 aliphatic rings. The third kappa shape index (κ3) is 2.87. The number of Topliss-reactive ketones (excluding diaryl/α,β-unsaturated/α-hetero) is 1. The maximum absolute atomic E-state index is 12.4. The predicted octanol–water partition coefficient (Wildman–Crippen LogP) is 2.92. The van der Waals surface area contributed by atoms with Crippen molar-refractivity contribution in [3.05, 3.63) is 71.8 Å². The molecule has 106 valence electrons. The Morgan fingerprint density at radius 1 is 1.00 bits per heavy atom. The van der Waals surface area contributed by atoms with Gasteiger partial charge >= 0.3 is 0 Å². The highest BCUT2D eigenvalue weighted by Gasteiger charge is 2.36. The summed E-state index contributed by atoms with van der Waals surface area (Å²) in [4.78, 5) is 26.6. The number of ketones is 1. The predicted molar refractivity (Wildman–Crippen MR) is 80.7 cm³/mol. The van der Waals surface area contributed by atoms with E-state index in [9.17, 15) is 9.59 Å². The Kier molecular flexibility index (Phi) is 3.82. The smallest absolute Gasteiger partial charge is 0.233 e. The molecule has 0 aliphatic carbocycles. The standard InChI is InChI=1S/C18H17NO2/c20-17(15-9-5-2-6-10-15)16-11-12-19(18(16)21)13-14-7-3-1-4-8-14/h1-10,16H,11-13H2. The fourth-order valence-corrected chi connectivity index (χ4v) is 2.75. The molecule has 1 fully saturated rings. The summed E-state index contributed by atoms with van der Waals surface area (Å²) in [6.45, 7) is 1.23. The average Bonchev–Trinajstić information content (AvgIpc) is 2.89. The van der Waals surface area contributed by atoms with Crippen LogP contribution in [0.2, 0.25) is 0 Å². The first-order chi connectivity index (χ1) is 10.3. The maximum Gasteiger partial charge on any atom is 0.233 e. The molecule has 1 heterocycles. The highest BCUT2D eigenvalue weighted by molar-refractivity contribution is 6.10. The first-order valence-electron chi connectivity index (χ1n) is 7.17. The van der Waals surface area contributed by atoms with E-state index in [1.807, 2.05) is 48.5 Å². The van der Waals surface area contributed by atoms with Crippen LogP contribution in [0.3, 0.4) is 0 Å². The van der Waals surface area contributed by atoms with E-state index in [4.69, 9.17) is 0 Å². The molecule has 0 bridgehead atoms. The van der Waals surface area contributed by atoms with Crippen LogP contribution in [0.4, 0.5) is 0 Å². The van der Waals surface area contributed by atoms with Crippen molar-refractivity contribution in [3.63, 3.8) is 0 Å². The van der Waals surface area contributed by atoms with Gasteiger partial charge in [-0.2, -0.15) is 0 Å². The lowest BCUT2D eigenvalue weighted by Crippen LogP contribution is -2.30. The lowest BCUT2D eigenvalue weighted by atomic mass is 9.96. The summed E-state index contributed by atoms with van der Waals surface area (Å²) in [6, 6.07) is 18.9. The molecule has 1 unspecified atom stereocenters. The molecule has 1 atom stereocenters. The second kappa shape index (κ2) is 5.92. The molecule has 0 N–H and O–H groups in total. The SMILES string of the molecule is O=C(c1ccccc1)C1CCN(Cc2ccccc2)C1=O. The molecular formula is C18H17NO2. The van der Waals surface area contributed by atoms with Crippen molar-refractivity contribution >= 4 is 11.7 Å². The Morgan fingerprint density at radius 2 is 1.62 bits per heavy atom. The maximum atomic E-state index is 12.4. The van der Waals surface area contributed by atoms with Crippen molar-refractivity contribution in [3.8, 4) is 0 Å². The van der Waals surface area contributed by atoms with Crippen molar-refractivity contribution in [2.24, 2.45) is 5.92 Å². The zero-order valence-corrected chi connectivity index (χ0v) is 11.7. The highest BCUT2D eigenvalue weighted by Crippen LogP contribution is 2.24. The van der Waals surface area contributed by atoms with Gasteiger partial charge in [0.15, 0.2) is 5.78 Å². The van der Waals surface area contributed by atoms with Crippen molar-refractivity contribution in [2.45, 2.75) is 13.0 Å². The molecule has 0 radical (unpaired) electrons. The van der Waals surface area contributed by atoms with Crippen LogP contribution in [0.25, 0.3) is 0 Å². The van der Waals surface area contributed by atoms with Gasteiger partial charge in [0, 0.05) is 18.7 Å². The number of benzene rings is 2. The van der Waals surface area contributed by atoms with Crippen LogP contribution in [0.15, 0.2) is 60.7 Å². The lowest BCUT2D eigenvalue weighted by molar-refractivity contribution is -0.130. The van der Waals surface area contributed by atoms with Crippen molar-refractivity contribution in [2.75, 3.05) is 6.54 Å². The molecule has 0 spiro atoms. The van der Waals surface area contributed by atoms with Gasteiger partial charge in [0.25, 0.3) is 0 Å². The third-order valence-corrected chi connectivity index (χ3v) is 3.89. The highest BCUT2D eigenvalue weighted by atomic mass is 16.2. The summed E-state index contributed by atoms with van der Waals surface area (Å²) >= 11 is 0. The molecule has 2 aromatic carbocycles. The molecule has 0 saturated carbocycles. The van der Waals surface area contributed by atoms with E-state index in [1.54, 1.807) is 17.0 Å². The molecule has 1 aliphatic heterocycles. The van der Waals surface area contributed by atoms with E-state index < -0.39 is 5.92 Å². The Bertz CT molecular complexity index is 637. The van der Waals surface area contributed by atoms with E-state index in [-0.39, 0.29) is 11.7 Å². The molecule has 1 saturated heterocycles. The summed E-state index contributed by atoms with van der Waals surface area (Å²) in [5, 5.41) is 0. The van der Waals surface area contributed by atoms with Crippen LogP contribution in [0, 0.1) is 5.92 Å². The van der Waals surface area contributed by atoms with Crippen LogP contribution in [-0.2, 0) is 11.3 Å². The lowest BCUT2D eigenvalue weighted by Gasteiger charge is -2.16. The summed E-state index contributed by atoms with van der Waals surface area (Å²) in [5.74, 6) is -0.625. The normalized spacial score (nSPS) is 18.0. The number of rotatable bonds is 4. The second-order valence-corrected chi connectivity index (χ2v) is 5.32. The van der Waals surface area contributed by atoms with Gasteiger partial charge in [0.05, 0.1) is 0 Å². The van der Waals surface area contributed by atoms with Crippen LogP contribution < -0.4 is 0 Å². The van der Waals surface area contributed by atoms with Crippen molar-refractivity contribution in [1.82, 2.24) is 4.90 Å². The molecule has 3 heteroatoms. The van der Waals surface area contributed by atoms with Gasteiger partial charge in [-0.3, -0.25) is 9.59 Å². The minimum atomic E-state index is -0.517. The van der Waals surface area contributed by atoms with Gasteiger partial charge in [-0.05, 0) is 12.0 Å². The van der Waals surface area contributed by atoms with Gasteiger partial charge < -0.3 is 4.90 Å². The fraction of sp³-hybridized carbons (Fsp3) is 0.222. The number of likely N-dealkylation sites (tertiary alicyclic amines) is 1. The number of amides is 1. The number of carbonyl (C=O) groups excluding carboxylic acids is 2. The summed E-state index contributed by atoms with van der Waals surface area (Å²) in [7, 11) is 0. The number of hydrogen-bond donors (Lipinski definition) is 0. The number of nitrogens with zero attached hydrogens (tertiary/aromatic N) is 1. The van der Waals surface area contributed by atoms with E-state index >= 15 is 0 Å². The quantitative estimate of drug-likeness (QED) is 0.637. The molecule has 1 amide bonds. The molecule has 2 aromatic rings. The molecular weight excluding hydrogens is 262 g/mol. The Morgan fingerprint density at radius 3 is 2.29 bits per heavy atom. The van der Waals surface area contributed by atoms with Gasteiger partial charge in [-0.15, -0.1) is 0 Å². The number of carbonyl (C=O) groups is 2. The largest absolute Gasteiger partial charge is 0.338 e. The molecule has 21 heavy (non-hydrogen) atoms. The Labute approximate surface area is 124 Å². The van der Waals surface area contributed by atoms with E-state index in [2.05, 4.69) is 0 Å². The number of hydrogen-bond acceptors (Lipinski definition) is 2. The van der Waals surface area contributed by atoms with Gasteiger partial charge in [0.1, 0.15) is 5.92 Å². The van der Waals surface area contributed by atoms with Crippen molar-refractivity contribution < 1.29 is 9.59 Å². The van der Waals surface area contributed by atoms with Crippen LogP contribution in [0.5, 0.6) is 0 Å². The van der Waals surface area contributed by atoms with Gasteiger partial charge in [-0.1, -0.05) is 60.7 Å². The van der Waals surface area contributed by atoms with Crippen LogP contribution >= 0.6 is 0 Å². The fourth-order valence-electron chi connectivity index (χ4n) is 2.75. The molecule has 0 aromatic heterocycles. The molecule has 3 nitrogen and oxygen atoms in total. The van der Waals surface area contributed by atoms with Crippen molar-refractivity contribution in [1.29, 1.82) is 0 Å². The zero-order valence-electron chi connectivity index (χ0n) is 11.7. The van der Waals surface area contributed by atoms with E-state index in [0.717, 1.165) is 5.56 Å². The summed E-state index contributed by atoms with van der Waals surface area (Å²) in [6.07, 6.45) is 0.611.